The van der Waals surface area contributed by atoms with Gasteiger partial charge in [0.1, 0.15) is 0 Å². The van der Waals surface area contributed by atoms with E-state index in [-0.39, 0.29) is 5.91 Å². The fourth-order valence-corrected chi connectivity index (χ4v) is 1.65. The first kappa shape index (κ1) is 12.1. The summed E-state index contributed by atoms with van der Waals surface area (Å²) in [7, 11) is 0. The zero-order valence-electron chi connectivity index (χ0n) is 8.95. The normalized spacial score (nSPS) is 10.0. The minimum Gasteiger partial charge on any atom is -0.274 e. The molecule has 1 N–H and O–H groups in total. The van der Waals surface area contributed by atoms with E-state index in [2.05, 4.69) is 5.48 Å². The molecule has 0 saturated heterocycles. The van der Waals surface area contributed by atoms with E-state index in [1.165, 1.54) is 17.3 Å². The molecule has 1 aromatic carbocycles. The number of carbonyl (C=O) groups excluding carboxylic acids is 1. The van der Waals surface area contributed by atoms with Crippen LogP contribution in [0.25, 0.3) is 0 Å². The van der Waals surface area contributed by atoms with Gasteiger partial charge in [0.2, 0.25) is 0 Å². The van der Waals surface area contributed by atoms with Crippen molar-refractivity contribution < 1.29 is 9.63 Å². The highest BCUT2D eigenvalue weighted by Crippen LogP contribution is 2.17. The van der Waals surface area contributed by atoms with Crippen molar-refractivity contribution in [2.24, 2.45) is 0 Å². The Balaban J connectivity index is 2.30. The Hall–Kier alpha value is -1.00. The van der Waals surface area contributed by atoms with E-state index in [1.54, 1.807) is 0 Å². The zero-order chi connectivity index (χ0) is 11.1. The van der Waals surface area contributed by atoms with Gasteiger partial charge < -0.3 is 0 Å². The molecule has 1 rings (SSSR count). The van der Waals surface area contributed by atoms with Crippen LogP contribution in [0.15, 0.2) is 29.2 Å². The number of aryl methyl sites for hydroxylation is 1. The van der Waals surface area contributed by atoms with Crippen molar-refractivity contribution in [3.05, 3.63) is 29.8 Å². The first-order chi connectivity index (χ1) is 7.22. The number of benzene rings is 1. The third-order valence-electron chi connectivity index (χ3n) is 1.72. The molecule has 4 heteroatoms. The van der Waals surface area contributed by atoms with Crippen LogP contribution in [-0.2, 0) is 9.63 Å². The summed E-state index contributed by atoms with van der Waals surface area (Å²) in [6.45, 7) is 4.35. The minimum absolute atomic E-state index is 0.109. The van der Waals surface area contributed by atoms with E-state index >= 15 is 0 Å². The van der Waals surface area contributed by atoms with Crippen molar-refractivity contribution in [2.75, 3.05) is 12.4 Å². The van der Waals surface area contributed by atoms with E-state index in [0.717, 1.165) is 4.90 Å². The summed E-state index contributed by atoms with van der Waals surface area (Å²) in [5.74, 6) is 0.269. The molecule has 0 radical (unpaired) electrons. The van der Waals surface area contributed by atoms with Gasteiger partial charge in [-0.15, -0.1) is 11.8 Å². The highest BCUT2D eigenvalue weighted by Gasteiger charge is 2.01. The second kappa shape index (κ2) is 6.48. The maximum Gasteiger partial charge on any atom is 0.253 e. The molecule has 1 amide bonds. The molecule has 82 valence electrons. The summed E-state index contributed by atoms with van der Waals surface area (Å²) < 4.78 is 0. The zero-order valence-corrected chi connectivity index (χ0v) is 9.76. The Labute approximate surface area is 94.2 Å². The quantitative estimate of drug-likeness (QED) is 0.616. The lowest BCUT2D eigenvalue weighted by Crippen LogP contribution is -2.25. The monoisotopic (exact) mass is 225 g/mol. The summed E-state index contributed by atoms with van der Waals surface area (Å²) >= 11 is 1.50. The highest BCUT2D eigenvalue weighted by molar-refractivity contribution is 8.00. The Morgan fingerprint density at radius 3 is 2.67 bits per heavy atom. The summed E-state index contributed by atoms with van der Waals surface area (Å²) in [5.41, 5.74) is 3.57. The van der Waals surface area contributed by atoms with E-state index in [0.29, 0.717) is 12.4 Å². The Morgan fingerprint density at radius 1 is 1.40 bits per heavy atom. The number of hydrogen-bond donors (Lipinski definition) is 1. The van der Waals surface area contributed by atoms with Crippen LogP contribution in [0, 0.1) is 6.92 Å². The van der Waals surface area contributed by atoms with Crippen molar-refractivity contribution in [2.45, 2.75) is 18.7 Å². The molecule has 15 heavy (non-hydrogen) atoms. The summed E-state index contributed by atoms with van der Waals surface area (Å²) in [6, 6.07) is 8.08. The van der Waals surface area contributed by atoms with Gasteiger partial charge in [0, 0.05) is 4.90 Å². The Morgan fingerprint density at radius 2 is 2.07 bits per heavy atom. The molecule has 0 bridgehead atoms. The first-order valence-corrected chi connectivity index (χ1v) is 5.81. The average Bonchev–Trinajstić information content (AvgIpc) is 2.25. The van der Waals surface area contributed by atoms with Crippen LogP contribution >= 0.6 is 11.8 Å². The topological polar surface area (TPSA) is 38.3 Å². The molecule has 0 aromatic heterocycles. The maximum absolute atomic E-state index is 11.2. The van der Waals surface area contributed by atoms with Gasteiger partial charge in [0.05, 0.1) is 12.4 Å². The maximum atomic E-state index is 11.2. The van der Waals surface area contributed by atoms with Crippen LogP contribution in [0.3, 0.4) is 0 Å². The Kier molecular flexibility index (Phi) is 5.21. The van der Waals surface area contributed by atoms with Crippen LogP contribution in [0.5, 0.6) is 0 Å². The van der Waals surface area contributed by atoms with Crippen LogP contribution in [0.4, 0.5) is 0 Å². The van der Waals surface area contributed by atoms with Gasteiger partial charge in [-0.1, -0.05) is 17.7 Å². The van der Waals surface area contributed by atoms with Crippen molar-refractivity contribution in [3.63, 3.8) is 0 Å². The minimum atomic E-state index is -0.109. The number of carbonyl (C=O) groups is 1. The lowest BCUT2D eigenvalue weighted by atomic mass is 10.2. The average molecular weight is 225 g/mol. The predicted octanol–water partition coefficient (Wildman–Crippen LogP) is 2.15. The highest BCUT2D eigenvalue weighted by atomic mass is 32.2. The third kappa shape index (κ3) is 4.85. The van der Waals surface area contributed by atoms with Gasteiger partial charge in [0.15, 0.2) is 0 Å². The van der Waals surface area contributed by atoms with Gasteiger partial charge in [-0.25, -0.2) is 5.48 Å². The van der Waals surface area contributed by atoms with E-state index in [4.69, 9.17) is 4.84 Å². The van der Waals surface area contributed by atoms with Gasteiger partial charge in [0.25, 0.3) is 5.91 Å². The molecule has 0 unspecified atom stereocenters. The lowest BCUT2D eigenvalue weighted by Gasteiger charge is -2.03. The number of amides is 1. The molecule has 0 atom stereocenters. The smallest absolute Gasteiger partial charge is 0.253 e. The second-order valence-electron chi connectivity index (χ2n) is 3.06. The lowest BCUT2D eigenvalue weighted by molar-refractivity contribution is -0.130. The summed E-state index contributed by atoms with van der Waals surface area (Å²) in [6.07, 6.45) is 0. The number of thioether (sulfide) groups is 1. The SMILES string of the molecule is CCONC(=O)CSc1ccc(C)cc1. The fraction of sp³-hybridized carbons (Fsp3) is 0.364. The molecule has 0 aliphatic carbocycles. The first-order valence-electron chi connectivity index (χ1n) is 4.82. The van der Waals surface area contributed by atoms with Crippen LogP contribution in [0.1, 0.15) is 12.5 Å². The predicted molar refractivity (Wildman–Crippen MR) is 61.7 cm³/mol. The molecule has 0 aliphatic heterocycles. The third-order valence-corrected chi connectivity index (χ3v) is 2.73. The van der Waals surface area contributed by atoms with Gasteiger partial charge in [-0.3, -0.25) is 9.63 Å². The molecule has 0 saturated carbocycles. The van der Waals surface area contributed by atoms with Crippen molar-refractivity contribution in [1.29, 1.82) is 0 Å². The molecule has 3 nitrogen and oxygen atoms in total. The van der Waals surface area contributed by atoms with Crippen molar-refractivity contribution >= 4 is 17.7 Å². The van der Waals surface area contributed by atoms with Crippen LogP contribution in [-0.4, -0.2) is 18.3 Å². The molecule has 0 heterocycles. The number of hydroxylamine groups is 1. The van der Waals surface area contributed by atoms with Crippen LogP contribution in [0.2, 0.25) is 0 Å². The fourth-order valence-electron chi connectivity index (χ4n) is 0.966. The van der Waals surface area contributed by atoms with Gasteiger partial charge >= 0.3 is 0 Å². The number of hydrogen-bond acceptors (Lipinski definition) is 3. The molecule has 0 spiro atoms. The van der Waals surface area contributed by atoms with Crippen molar-refractivity contribution in [3.8, 4) is 0 Å². The van der Waals surface area contributed by atoms with Crippen molar-refractivity contribution in [1.82, 2.24) is 5.48 Å². The van der Waals surface area contributed by atoms with Gasteiger partial charge in [-0.05, 0) is 26.0 Å². The summed E-state index contributed by atoms with van der Waals surface area (Å²) in [4.78, 5) is 17.1. The van der Waals surface area contributed by atoms with E-state index in [1.807, 2.05) is 38.1 Å². The number of rotatable bonds is 5. The summed E-state index contributed by atoms with van der Waals surface area (Å²) in [5, 5.41) is 0. The molecule has 1 aromatic rings. The second-order valence-corrected chi connectivity index (χ2v) is 4.11. The molecule has 0 fully saturated rings. The van der Waals surface area contributed by atoms with E-state index < -0.39 is 0 Å². The van der Waals surface area contributed by atoms with E-state index in [9.17, 15) is 4.79 Å². The van der Waals surface area contributed by atoms with Crippen LogP contribution < -0.4 is 5.48 Å². The largest absolute Gasteiger partial charge is 0.274 e. The molecular weight excluding hydrogens is 210 g/mol. The molecule has 0 aliphatic rings. The van der Waals surface area contributed by atoms with Gasteiger partial charge in [-0.2, -0.15) is 0 Å². The number of nitrogens with one attached hydrogen (secondary N) is 1. The Bertz CT molecular complexity index is 311. The molecular formula is C11H15NO2S. The standard InChI is InChI=1S/C11H15NO2S/c1-3-14-12-11(13)8-15-10-6-4-9(2)5-7-10/h4-7H,3,8H2,1-2H3,(H,12,13).